The van der Waals surface area contributed by atoms with E-state index in [0.717, 1.165) is 12.8 Å². The van der Waals surface area contributed by atoms with Gasteiger partial charge in [0.2, 0.25) is 0 Å². The molecule has 2 amide bonds. The lowest BCUT2D eigenvalue weighted by molar-refractivity contribution is -0.124. The van der Waals surface area contributed by atoms with E-state index in [4.69, 9.17) is 9.15 Å². The smallest absolute Gasteiger partial charge is 0.340 e. The number of ether oxygens (including phenoxy) is 1. The zero-order valence-corrected chi connectivity index (χ0v) is 17.2. The predicted molar refractivity (Wildman–Crippen MR) is 116 cm³/mol. The molecule has 0 aliphatic rings. The summed E-state index contributed by atoms with van der Waals surface area (Å²) in [6.45, 7) is 1.50. The van der Waals surface area contributed by atoms with Gasteiger partial charge in [-0.25, -0.2) is 4.79 Å². The van der Waals surface area contributed by atoms with Gasteiger partial charge in [-0.1, -0.05) is 42.5 Å². The molecule has 0 spiro atoms. The third-order valence-electron chi connectivity index (χ3n) is 4.59. The lowest BCUT2D eigenvalue weighted by Gasteiger charge is -2.14. The molecule has 0 aliphatic carbocycles. The second kappa shape index (κ2) is 10.8. The van der Waals surface area contributed by atoms with Crippen LogP contribution in [0.4, 0.5) is 5.69 Å². The molecule has 1 atom stereocenters. The minimum atomic E-state index is -0.706. The third-order valence-corrected chi connectivity index (χ3v) is 4.59. The van der Waals surface area contributed by atoms with Crippen molar-refractivity contribution in [1.29, 1.82) is 0 Å². The molecule has 0 saturated heterocycles. The van der Waals surface area contributed by atoms with Gasteiger partial charge in [0.1, 0.15) is 0 Å². The van der Waals surface area contributed by atoms with E-state index in [1.165, 1.54) is 24.0 Å². The second-order valence-corrected chi connectivity index (χ2v) is 7.05. The summed E-state index contributed by atoms with van der Waals surface area (Å²) < 4.78 is 10.2. The zero-order chi connectivity index (χ0) is 22.1. The molecule has 2 aromatic carbocycles. The monoisotopic (exact) mass is 420 g/mol. The third kappa shape index (κ3) is 6.57. The van der Waals surface area contributed by atoms with E-state index in [0.29, 0.717) is 0 Å². The highest BCUT2D eigenvalue weighted by Crippen LogP contribution is 2.17. The van der Waals surface area contributed by atoms with Crippen LogP contribution in [0.5, 0.6) is 0 Å². The number of carbonyl (C=O) groups is 3. The lowest BCUT2D eigenvalue weighted by atomic mass is 10.1. The number of nitrogens with one attached hydrogen (secondary N) is 2. The summed E-state index contributed by atoms with van der Waals surface area (Å²) in [5, 5.41) is 5.44. The van der Waals surface area contributed by atoms with Crippen LogP contribution in [0.25, 0.3) is 0 Å². The molecule has 0 unspecified atom stereocenters. The summed E-state index contributed by atoms with van der Waals surface area (Å²) in [5.41, 5.74) is 1.61. The van der Waals surface area contributed by atoms with E-state index in [1.807, 2.05) is 37.3 Å². The SMILES string of the molecule is C[C@H](CCc1ccccc1)NC(=O)COC(=O)c1ccccc1NC(=O)c1ccco1. The van der Waals surface area contributed by atoms with Crippen LogP contribution in [-0.4, -0.2) is 30.4 Å². The molecule has 1 aromatic heterocycles. The van der Waals surface area contributed by atoms with Gasteiger partial charge >= 0.3 is 5.97 Å². The molecular formula is C24H24N2O5. The van der Waals surface area contributed by atoms with Crippen molar-refractivity contribution >= 4 is 23.5 Å². The lowest BCUT2D eigenvalue weighted by Crippen LogP contribution is -2.36. The average molecular weight is 420 g/mol. The van der Waals surface area contributed by atoms with Crippen molar-refractivity contribution in [2.45, 2.75) is 25.8 Å². The molecule has 31 heavy (non-hydrogen) atoms. The normalized spacial score (nSPS) is 11.4. The van der Waals surface area contributed by atoms with Crippen LogP contribution >= 0.6 is 0 Å². The summed E-state index contributed by atoms with van der Waals surface area (Å²) in [4.78, 5) is 36.8. The quantitative estimate of drug-likeness (QED) is 0.513. The van der Waals surface area contributed by atoms with E-state index in [2.05, 4.69) is 10.6 Å². The van der Waals surface area contributed by atoms with E-state index in [9.17, 15) is 14.4 Å². The molecule has 3 aromatic rings. The molecule has 7 nitrogen and oxygen atoms in total. The van der Waals surface area contributed by atoms with Crippen molar-refractivity contribution in [3.63, 3.8) is 0 Å². The number of furan rings is 1. The minimum absolute atomic E-state index is 0.0636. The number of hydrogen-bond acceptors (Lipinski definition) is 5. The minimum Gasteiger partial charge on any atom is -0.459 e. The van der Waals surface area contributed by atoms with Gasteiger partial charge in [-0.2, -0.15) is 0 Å². The van der Waals surface area contributed by atoms with Gasteiger partial charge in [-0.05, 0) is 49.6 Å². The first kappa shape index (κ1) is 21.8. The van der Waals surface area contributed by atoms with E-state index < -0.39 is 18.5 Å². The van der Waals surface area contributed by atoms with Crippen LogP contribution in [0.15, 0.2) is 77.4 Å². The molecule has 0 fully saturated rings. The van der Waals surface area contributed by atoms with Gasteiger partial charge < -0.3 is 19.8 Å². The Hall–Kier alpha value is -3.87. The van der Waals surface area contributed by atoms with E-state index >= 15 is 0 Å². The molecule has 3 rings (SSSR count). The molecule has 0 saturated carbocycles. The van der Waals surface area contributed by atoms with Gasteiger partial charge in [0.25, 0.3) is 11.8 Å². The first-order valence-electron chi connectivity index (χ1n) is 9.97. The van der Waals surface area contributed by atoms with Crippen molar-refractivity contribution in [2.75, 3.05) is 11.9 Å². The van der Waals surface area contributed by atoms with Crippen LogP contribution in [0.2, 0.25) is 0 Å². The fourth-order valence-corrected chi connectivity index (χ4v) is 2.99. The Morgan fingerprint density at radius 3 is 2.45 bits per heavy atom. The van der Waals surface area contributed by atoms with Crippen molar-refractivity contribution in [3.05, 3.63) is 89.9 Å². The summed E-state index contributed by atoms with van der Waals surface area (Å²) in [5.74, 6) is -1.46. The number of para-hydroxylation sites is 1. The second-order valence-electron chi connectivity index (χ2n) is 7.05. The zero-order valence-electron chi connectivity index (χ0n) is 17.2. The Morgan fingerprint density at radius 1 is 0.968 bits per heavy atom. The number of rotatable bonds is 9. The molecule has 0 aliphatic heterocycles. The highest BCUT2D eigenvalue weighted by molar-refractivity contribution is 6.06. The average Bonchev–Trinajstić information content (AvgIpc) is 3.32. The summed E-state index contributed by atoms with van der Waals surface area (Å²) >= 11 is 0. The first-order chi connectivity index (χ1) is 15.0. The maximum Gasteiger partial charge on any atom is 0.340 e. The van der Waals surface area contributed by atoms with Crippen molar-refractivity contribution in [3.8, 4) is 0 Å². The Labute approximate surface area is 180 Å². The number of amides is 2. The van der Waals surface area contributed by atoms with Crippen LogP contribution in [-0.2, 0) is 16.0 Å². The van der Waals surface area contributed by atoms with Crippen LogP contribution < -0.4 is 10.6 Å². The fourth-order valence-electron chi connectivity index (χ4n) is 2.99. The summed E-state index contributed by atoms with van der Waals surface area (Å²) in [6, 6.07) is 19.4. The fraction of sp³-hybridized carbons (Fsp3) is 0.208. The van der Waals surface area contributed by atoms with E-state index in [1.54, 1.807) is 24.3 Å². The topological polar surface area (TPSA) is 97.6 Å². The highest BCUT2D eigenvalue weighted by Gasteiger charge is 2.18. The molecule has 1 heterocycles. The highest BCUT2D eigenvalue weighted by atomic mass is 16.5. The molecule has 2 N–H and O–H groups in total. The predicted octanol–water partition coefficient (Wildman–Crippen LogP) is 3.83. The molecule has 0 radical (unpaired) electrons. The number of esters is 1. The van der Waals surface area contributed by atoms with Gasteiger partial charge in [-0.15, -0.1) is 0 Å². The number of aryl methyl sites for hydroxylation is 1. The molecular weight excluding hydrogens is 396 g/mol. The van der Waals surface area contributed by atoms with Gasteiger partial charge in [0.05, 0.1) is 17.5 Å². The van der Waals surface area contributed by atoms with Crippen LogP contribution in [0.1, 0.15) is 39.8 Å². The van der Waals surface area contributed by atoms with Crippen molar-refractivity contribution in [2.24, 2.45) is 0 Å². The van der Waals surface area contributed by atoms with Crippen molar-refractivity contribution in [1.82, 2.24) is 5.32 Å². The summed E-state index contributed by atoms with van der Waals surface area (Å²) in [7, 11) is 0. The maximum atomic E-state index is 12.5. The Bertz CT molecular complexity index is 1020. The molecule has 7 heteroatoms. The maximum absolute atomic E-state index is 12.5. The van der Waals surface area contributed by atoms with Crippen LogP contribution in [0, 0.1) is 0 Å². The Balaban J connectivity index is 1.49. The largest absolute Gasteiger partial charge is 0.459 e. The summed E-state index contributed by atoms with van der Waals surface area (Å²) in [6.07, 6.45) is 2.99. The first-order valence-corrected chi connectivity index (χ1v) is 9.97. The number of anilines is 1. The Morgan fingerprint density at radius 2 is 1.71 bits per heavy atom. The van der Waals surface area contributed by atoms with Crippen molar-refractivity contribution < 1.29 is 23.5 Å². The number of benzene rings is 2. The van der Waals surface area contributed by atoms with Gasteiger partial charge in [0, 0.05) is 6.04 Å². The number of hydrogen-bond donors (Lipinski definition) is 2. The standard InChI is InChI=1S/C24H24N2O5/c1-17(13-14-18-8-3-2-4-9-18)25-22(27)16-31-24(29)19-10-5-6-11-20(19)26-23(28)21-12-7-15-30-21/h2-12,15,17H,13-14,16H2,1H3,(H,25,27)(H,26,28)/t17-/m1/s1. The molecule has 0 bridgehead atoms. The van der Waals surface area contributed by atoms with Gasteiger partial charge in [-0.3, -0.25) is 9.59 Å². The van der Waals surface area contributed by atoms with E-state index in [-0.39, 0.29) is 29.0 Å². The Kier molecular flexibility index (Phi) is 7.59. The number of carbonyl (C=O) groups excluding carboxylic acids is 3. The van der Waals surface area contributed by atoms with Crippen LogP contribution in [0.3, 0.4) is 0 Å². The molecule has 160 valence electrons. The van der Waals surface area contributed by atoms with Gasteiger partial charge in [0.15, 0.2) is 12.4 Å².